The van der Waals surface area contributed by atoms with Gasteiger partial charge in [-0.1, -0.05) is 13.0 Å². The molecule has 0 aliphatic carbocycles. The van der Waals surface area contributed by atoms with Crippen molar-refractivity contribution in [1.29, 1.82) is 0 Å². The summed E-state index contributed by atoms with van der Waals surface area (Å²) in [5.74, 6) is 1.31. The molecule has 1 amide bonds. The van der Waals surface area contributed by atoms with Gasteiger partial charge in [-0.15, -0.1) is 0 Å². The summed E-state index contributed by atoms with van der Waals surface area (Å²) >= 11 is 0. The molecule has 0 aromatic heterocycles. The zero-order valence-electron chi connectivity index (χ0n) is 16.4. The molecule has 2 rings (SSSR count). The topological polar surface area (TPSA) is 99.9 Å². The SMILES string of the molecule is CCCOc1ccc(/C=C/C(=O)NCCOc2ccc(OC)cc2)cc1[N+](=O)[O-]. The van der Waals surface area contributed by atoms with Crippen molar-refractivity contribution in [2.24, 2.45) is 0 Å². The number of nitro groups is 1. The average molecular weight is 400 g/mol. The quantitative estimate of drug-likeness (QED) is 0.268. The summed E-state index contributed by atoms with van der Waals surface area (Å²) in [4.78, 5) is 22.6. The Morgan fingerprint density at radius 3 is 2.48 bits per heavy atom. The van der Waals surface area contributed by atoms with Crippen LogP contribution in [0, 0.1) is 10.1 Å². The van der Waals surface area contributed by atoms with Crippen LogP contribution < -0.4 is 19.5 Å². The van der Waals surface area contributed by atoms with E-state index >= 15 is 0 Å². The molecule has 0 saturated heterocycles. The van der Waals surface area contributed by atoms with Gasteiger partial charge in [0.15, 0.2) is 5.75 Å². The second kappa shape index (κ2) is 11.3. The van der Waals surface area contributed by atoms with E-state index in [1.165, 1.54) is 24.3 Å². The van der Waals surface area contributed by atoms with E-state index in [9.17, 15) is 14.9 Å². The van der Waals surface area contributed by atoms with Crippen LogP contribution in [-0.2, 0) is 4.79 Å². The van der Waals surface area contributed by atoms with Crippen molar-refractivity contribution in [3.05, 3.63) is 64.2 Å². The van der Waals surface area contributed by atoms with Crippen LogP contribution >= 0.6 is 0 Å². The van der Waals surface area contributed by atoms with Crippen molar-refractivity contribution < 1.29 is 23.9 Å². The van der Waals surface area contributed by atoms with E-state index in [4.69, 9.17) is 14.2 Å². The number of rotatable bonds is 11. The average Bonchev–Trinajstić information content (AvgIpc) is 2.74. The van der Waals surface area contributed by atoms with Crippen molar-refractivity contribution in [2.45, 2.75) is 13.3 Å². The summed E-state index contributed by atoms with van der Waals surface area (Å²) < 4.78 is 16.0. The molecule has 8 nitrogen and oxygen atoms in total. The number of methoxy groups -OCH3 is 1. The lowest BCUT2D eigenvalue weighted by atomic mass is 10.1. The molecule has 0 spiro atoms. The Balaban J connectivity index is 1.83. The molecule has 0 aliphatic heterocycles. The highest BCUT2D eigenvalue weighted by Gasteiger charge is 2.15. The van der Waals surface area contributed by atoms with Crippen LogP contribution in [0.5, 0.6) is 17.2 Å². The van der Waals surface area contributed by atoms with Crippen LogP contribution in [0.3, 0.4) is 0 Å². The molecule has 154 valence electrons. The lowest BCUT2D eigenvalue weighted by Gasteiger charge is -2.07. The van der Waals surface area contributed by atoms with E-state index < -0.39 is 4.92 Å². The molecule has 0 saturated carbocycles. The molecule has 0 fully saturated rings. The Kier molecular flexibility index (Phi) is 8.50. The number of carbonyl (C=O) groups excluding carboxylic acids is 1. The maximum Gasteiger partial charge on any atom is 0.311 e. The van der Waals surface area contributed by atoms with Gasteiger partial charge in [0.1, 0.15) is 18.1 Å². The first-order valence-corrected chi connectivity index (χ1v) is 9.17. The molecular weight excluding hydrogens is 376 g/mol. The first-order chi connectivity index (χ1) is 14.0. The summed E-state index contributed by atoms with van der Waals surface area (Å²) in [5, 5.41) is 13.9. The Hall–Kier alpha value is -3.55. The first-order valence-electron chi connectivity index (χ1n) is 9.17. The molecule has 0 radical (unpaired) electrons. The first kappa shape index (κ1) is 21.7. The molecule has 0 aliphatic rings. The second-order valence-electron chi connectivity index (χ2n) is 5.98. The van der Waals surface area contributed by atoms with E-state index in [1.54, 1.807) is 37.4 Å². The minimum Gasteiger partial charge on any atom is -0.497 e. The van der Waals surface area contributed by atoms with Crippen molar-refractivity contribution in [1.82, 2.24) is 5.32 Å². The van der Waals surface area contributed by atoms with Gasteiger partial charge in [-0.3, -0.25) is 14.9 Å². The molecule has 2 aromatic carbocycles. The van der Waals surface area contributed by atoms with Crippen molar-refractivity contribution >= 4 is 17.7 Å². The molecule has 0 unspecified atom stereocenters. The normalized spacial score (nSPS) is 10.6. The van der Waals surface area contributed by atoms with Gasteiger partial charge in [-0.05, 0) is 48.4 Å². The highest BCUT2D eigenvalue weighted by atomic mass is 16.6. The van der Waals surface area contributed by atoms with Gasteiger partial charge in [0.25, 0.3) is 0 Å². The lowest BCUT2D eigenvalue weighted by Crippen LogP contribution is -2.26. The Morgan fingerprint density at radius 1 is 1.10 bits per heavy atom. The lowest BCUT2D eigenvalue weighted by molar-refractivity contribution is -0.385. The van der Waals surface area contributed by atoms with Crippen molar-refractivity contribution in [3.63, 3.8) is 0 Å². The number of amides is 1. The van der Waals surface area contributed by atoms with Gasteiger partial charge >= 0.3 is 5.69 Å². The van der Waals surface area contributed by atoms with Crippen molar-refractivity contribution in [2.75, 3.05) is 26.9 Å². The summed E-state index contributed by atoms with van der Waals surface area (Å²) in [6.07, 6.45) is 3.58. The summed E-state index contributed by atoms with van der Waals surface area (Å²) in [7, 11) is 1.59. The van der Waals surface area contributed by atoms with E-state index in [0.29, 0.717) is 31.1 Å². The van der Waals surface area contributed by atoms with Gasteiger partial charge in [0.05, 0.1) is 25.2 Å². The minimum absolute atomic E-state index is 0.131. The number of nitrogens with zero attached hydrogens (tertiary/aromatic N) is 1. The molecule has 0 bridgehead atoms. The molecule has 29 heavy (non-hydrogen) atoms. The zero-order valence-corrected chi connectivity index (χ0v) is 16.4. The monoisotopic (exact) mass is 400 g/mol. The number of carbonyl (C=O) groups is 1. The number of nitrogens with one attached hydrogen (secondary N) is 1. The molecule has 8 heteroatoms. The predicted molar refractivity (Wildman–Crippen MR) is 109 cm³/mol. The third-order valence-electron chi connectivity index (χ3n) is 3.80. The van der Waals surface area contributed by atoms with Crippen LogP contribution in [0.1, 0.15) is 18.9 Å². The van der Waals surface area contributed by atoms with Crippen LogP contribution in [0.15, 0.2) is 48.5 Å². The number of nitro benzene ring substituents is 1. The molecule has 0 heterocycles. The third-order valence-corrected chi connectivity index (χ3v) is 3.80. The maximum absolute atomic E-state index is 11.9. The summed E-state index contributed by atoms with van der Waals surface area (Å²) in [6, 6.07) is 11.7. The molecular formula is C21H24N2O6. The van der Waals surface area contributed by atoms with E-state index in [2.05, 4.69) is 5.32 Å². The van der Waals surface area contributed by atoms with Crippen LogP contribution in [0.2, 0.25) is 0 Å². The Bertz CT molecular complexity index is 849. The molecule has 0 atom stereocenters. The fourth-order valence-electron chi connectivity index (χ4n) is 2.36. The fourth-order valence-corrected chi connectivity index (χ4v) is 2.36. The maximum atomic E-state index is 11.9. The smallest absolute Gasteiger partial charge is 0.311 e. The third kappa shape index (κ3) is 7.17. The van der Waals surface area contributed by atoms with Gasteiger partial charge in [-0.2, -0.15) is 0 Å². The number of hydrogen-bond acceptors (Lipinski definition) is 6. The van der Waals surface area contributed by atoms with Gasteiger partial charge in [0, 0.05) is 12.1 Å². The summed E-state index contributed by atoms with van der Waals surface area (Å²) in [5.41, 5.74) is 0.402. The van der Waals surface area contributed by atoms with Crippen molar-refractivity contribution in [3.8, 4) is 17.2 Å². The van der Waals surface area contributed by atoms with Crippen LogP contribution in [-0.4, -0.2) is 37.7 Å². The van der Waals surface area contributed by atoms with Crippen LogP contribution in [0.4, 0.5) is 5.69 Å². The standard InChI is InChI=1S/C21H24N2O6/c1-3-13-29-20-10-4-16(15-19(20)23(25)26)5-11-21(24)22-12-14-28-18-8-6-17(27-2)7-9-18/h4-11,15H,3,12-14H2,1-2H3,(H,22,24)/b11-5+. The highest BCUT2D eigenvalue weighted by molar-refractivity contribution is 5.91. The van der Waals surface area contributed by atoms with E-state index in [-0.39, 0.29) is 17.3 Å². The van der Waals surface area contributed by atoms with Crippen LogP contribution in [0.25, 0.3) is 6.08 Å². The summed E-state index contributed by atoms with van der Waals surface area (Å²) in [6.45, 7) is 2.95. The van der Waals surface area contributed by atoms with Gasteiger partial charge in [-0.25, -0.2) is 0 Å². The Labute approximate surface area is 169 Å². The zero-order chi connectivity index (χ0) is 21.1. The largest absolute Gasteiger partial charge is 0.497 e. The predicted octanol–water partition coefficient (Wildman–Crippen LogP) is 3.60. The highest BCUT2D eigenvalue weighted by Crippen LogP contribution is 2.28. The fraction of sp³-hybridized carbons (Fsp3) is 0.286. The minimum atomic E-state index is -0.501. The molecule has 1 N–H and O–H groups in total. The van der Waals surface area contributed by atoms with Gasteiger partial charge < -0.3 is 19.5 Å². The van der Waals surface area contributed by atoms with E-state index in [1.807, 2.05) is 6.92 Å². The van der Waals surface area contributed by atoms with E-state index in [0.717, 1.165) is 12.2 Å². The number of ether oxygens (including phenoxy) is 3. The van der Waals surface area contributed by atoms with Gasteiger partial charge in [0.2, 0.25) is 5.91 Å². The Morgan fingerprint density at radius 2 is 1.83 bits per heavy atom. The second-order valence-corrected chi connectivity index (χ2v) is 5.98. The number of hydrogen-bond donors (Lipinski definition) is 1. The molecule has 2 aromatic rings. The number of benzene rings is 2.